The van der Waals surface area contributed by atoms with Crippen LogP contribution in [-0.4, -0.2) is 27.8 Å². The van der Waals surface area contributed by atoms with Crippen molar-refractivity contribution in [3.8, 4) is 5.75 Å². The number of ether oxygens (including phenoxy) is 1. The highest BCUT2D eigenvalue weighted by Gasteiger charge is 2.12. The molecule has 0 saturated heterocycles. The van der Waals surface area contributed by atoms with Crippen molar-refractivity contribution in [1.29, 1.82) is 0 Å². The zero-order chi connectivity index (χ0) is 12.9. The van der Waals surface area contributed by atoms with Crippen LogP contribution in [0.3, 0.4) is 0 Å². The first-order valence-corrected chi connectivity index (χ1v) is 7.40. The fourth-order valence-electron chi connectivity index (χ4n) is 1.70. The van der Waals surface area contributed by atoms with Crippen LogP contribution in [0.5, 0.6) is 5.75 Å². The van der Waals surface area contributed by atoms with Crippen molar-refractivity contribution in [1.82, 2.24) is 0 Å². The van der Waals surface area contributed by atoms with Crippen molar-refractivity contribution in [2.45, 2.75) is 19.1 Å². The molecule has 0 unspecified atom stereocenters. The van der Waals surface area contributed by atoms with E-state index in [4.69, 9.17) is 10.5 Å². The number of nitrogens with two attached hydrogens (primary N) is 1. The molecule has 0 heterocycles. The summed E-state index contributed by atoms with van der Waals surface area (Å²) >= 11 is 0. The molecule has 0 radical (unpaired) electrons. The van der Waals surface area contributed by atoms with E-state index < -0.39 is 9.84 Å². The number of rotatable bonds is 6. The van der Waals surface area contributed by atoms with Crippen LogP contribution in [0.4, 0.5) is 0 Å². The quantitative estimate of drug-likeness (QED) is 0.829. The molecule has 0 saturated carbocycles. The molecule has 0 aromatic heterocycles. The molecule has 0 atom stereocenters. The summed E-state index contributed by atoms with van der Waals surface area (Å²) in [6.45, 7) is 2.18. The Morgan fingerprint density at radius 2 is 2.06 bits per heavy atom. The molecule has 0 fully saturated rings. The molecule has 4 nitrogen and oxygen atoms in total. The van der Waals surface area contributed by atoms with Gasteiger partial charge in [0.05, 0.1) is 18.6 Å². The van der Waals surface area contributed by atoms with Gasteiger partial charge in [-0.25, -0.2) is 8.42 Å². The van der Waals surface area contributed by atoms with Gasteiger partial charge in [-0.1, -0.05) is 19.1 Å². The smallest absolute Gasteiger partial charge is 0.155 e. The van der Waals surface area contributed by atoms with Gasteiger partial charge in [0.15, 0.2) is 9.84 Å². The lowest BCUT2D eigenvalue weighted by Gasteiger charge is -2.09. The molecule has 0 aliphatic carbocycles. The summed E-state index contributed by atoms with van der Waals surface area (Å²) in [4.78, 5) is 0. The van der Waals surface area contributed by atoms with Gasteiger partial charge in [0.2, 0.25) is 0 Å². The van der Waals surface area contributed by atoms with E-state index in [1.807, 2.05) is 19.1 Å². The number of benzene rings is 1. The molecule has 5 heteroatoms. The summed E-state index contributed by atoms with van der Waals surface area (Å²) in [6, 6.07) is 5.48. The first-order chi connectivity index (χ1) is 8.02. The Morgan fingerprint density at radius 3 is 2.59 bits per heavy atom. The minimum atomic E-state index is -3.10. The third-order valence-electron chi connectivity index (χ3n) is 2.54. The van der Waals surface area contributed by atoms with Gasteiger partial charge in [-0.2, -0.15) is 0 Å². The highest BCUT2D eigenvalue weighted by Crippen LogP contribution is 2.21. The molecule has 0 amide bonds. The fraction of sp³-hybridized carbons (Fsp3) is 0.500. The number of aryl methyl sites for hydroxylation is 1. The highest BCUT2D eigenvalue weighted by atomic mass is 32.2. The third-order valence-corrected chi connectivity index (χ3v) is 4.17. The predicted octanol–water partition coefficient (Wildman–Crippen LogP) is 1.13. The van der Waals surface area contributed by atoms with Gasteiger partial charge < -0.3 is 10.5 Å². The lowest BCUT2D eigenvalue weighted by Crippen LogP contribution is -2.17. The van der Waals surface area contributed by atoms with Crippen molar-refractivity contribution < 1.29 is 13.2 Å². The molecule has 1 rings (SSSR count). The van der Waals surface area contributed by atoms with E-state index >= 15 is 0 Å². The first kappa shape index (κ1) is 14.0. The zero-order valence-corrected chi connectivity index (χ0v) is 11.1. The Hall–Kier alpha value is -1.07. The average molecular weight is 257 g/mol. The van der Waals surface area contributed by atoms with Gasteiger partial charge in [0.25, 0.3) is 0 Å². The van der Waals surface area contributed by atoms with Gasteiger partial charge in [0, 0.05) is 6.54 Å². The zero-order valence-electron chi connectivity index (χ0n) is 10.3. The van der Waals surface area contributed by atoms with Crippen molar-refractivity contribution in [3.05, 3.63) is 29.3 Å². The summed E-state index contributed by atoms with van der Waals surface area (Å²) < 4.78 is 28.5. The Balaban J connectivity index is 2.93. The number of hydrogen-bond donors (Lipinski definition) is 1. The fourth-order valence-corrected chi connectivity index (χ4v) is 2.89. The van der Waals surface area contributed by atoms with E-state index in [0.29, 0.717) is 0 Å². The summed E-state index contributed by atoms with van der Waals surface area (Å²) in [5.74, 6) is 0.870. The normalized spacial score (nSPS) is 11.5. The first-order valence-electron chi connectivity index (χ1n) is 5.58. The summed E-state index contributed by atoms with van der Waals surface area (Å²) in [5, 5.41) is 0. The monoisotopic (exact) mass is 257 g/mol. The maximum atomic E-state index is 11.6. The van der Waals surface area contributed by atoms with Gasteiger partial charge in [0.1, 0.15) is 5.75 Å². The van der Waals surface area contributed by atoms with Gasteiger partial charge >= 0.3 is 0 Å². The molecule has 96 valence electrons. The Morgan fingerprint density at radius 1 is 1.35 bits per heavy atom. The van der Waals surface area contributed by atoms with E-state index in [-0.39, 0.29) is 18.1 Å². The van der Waals surface area contributed by atoms with Crippen molar-refractivity contribution in [3.63, 3.8) is 0 Å². The second-order valence-electron chi connectivity index (χ2n) is 3.88. The summed E-state index contributed by atoms with van der Waals surface area (Å²) in [6.07, 6.45) is 0.813. The van der Waals surface area contributed by atoms with Crippen LogP contribution in [0.1, 0.15) is 18.1 Å². The van der Waals surface area contributed by atoms with Crippen molar-refractivity contribution in [2.24, 2.45) is 5.73 Å². The molecule has 0 bridgehead atoms. The minimum absolute atomic E-state index is 0.0283. The molecule has 0 aliphatic rings. The summed E-state index contributed by atoms with van der Waals surface area (Å²) in [7, 11) is -1.48. The maximum Gasteiger partial charge on any atom is 0.155 e. The van der Waals surface area contributed by atoms with Crippen LogP contribution in [0.15, 0.2) is 18.2 Å². The maximum absolute atomic E-state index is 11.6. The number of methoxy groups -OCH3 is 1. The number of hydrogen-bond acceptors (Lipinski definition) is 4. The molecule has 0 spiro atoms. The van der Waals surface area contributed by atoms with Gasteiger partial charge in [-0.15, -0.1) is 0 Å². The molecular weight excluding hydrogens is 238 g/mol. The van der Waals surface area contributed by atoms with Crippen LogP contribution in [0.25, 0.3) is 0 Å². The van der Waals surface area contributed by atoms with E-state index in [2.05, 4.69) is 0 Å². The lowest BCUT2D eigenvalue weighted by molar-refractivity contribution is 0.410. The van der Waals surface area contributed by atoms with Crippen LogP contribution in [0, 0.1) is 0 Å². The van der Waals surface area contributed by atoms with Crippen LogP contribution >= 0.6 is 0 Å². The topological polar surface area (TPSA) is 69.4 Å². The van der Waals surface area contributed by atoms with E-state index in [1.165, 1.54) is 0 Å². The standard InChI is InChI=1S/C12H19NO3S/c1-3-11-8-10(4-5-12(11)16-2)9-17(14,15)7-6-13/h4-5,8H,3,6-7,9,13H2,1-2H3. The van der Waals surface area contributed by atoms with Gasteiger partial charge in [-0.05, 0) is 23.6 Å². The number of sulfone groups is 1. The molecular formula is C12H19NO3S. The minimum Gasteiger partial charge on any atom is -0.496 e. The van der Waals surface area contributed by atoms with Crippen LogP contribution in [0.2, 0.25) is 0 Å². The lowest BCUT2D eigenvalue weighted by atomic mass is 10.1. The average Bonchev–Trinajstić information content (AvgIpc) is 2.28. The van der Waals surface area contributed by atoms with Crippen LogP contribution < -0.4 is 10.5 Å². The van der Waals surface area contributed by atoms with Gasteiger partial charge in [-0.3, -0.25) is 0 Å². The summed E-state index contributed by atoms with van der Waals surface area (Å²) in [5.41, 5.74) is 7.08. The van der Waals surface area contributed by atoms with Crippen molar-refractivity contribution in [2.75, 3.05) is 19.4 Å². The van der Waals surface area contributed by atoms with E-state index in [1.54, 1.807) is 13.2 Å². The third kappa shape index (κ3) is 4.02. The second kappa shape index (κ2) is 6.02. The SMILES string of the molecule is CCc1cc(CS(=O)(=O)CCN)ccc1OC. The Labute approximate surface area is 103 Å². The van der Waals surface area contributed by atoms with E-state index in [0.717, 1.165) is 23.3 Å². The van der Waals surface area contributed by atoms with Crippen molar-refractivity contribution >= 4 is 9.84 Å². The largest absolute Gasteiger partial charge is 0.496 e. The second-order valence-corrected chi connectivity index (χ2v) is 6.06. The Bertz CT molecular complexity index is 469. The van der Waals surface area contributed by atoms with Crippen LogP contribution in [-0.2, 0) is 22.0 Å². The Kier molecular flexibility index (Phi) is 4.96. The highest BCUT2D eigenvalue weighted by molar-refractivity contribution is 7.90. The molecule has 2 N–H and O–H groups in total. The molecule has 0 aliphatic heterocycles. The predicted molar refractivity (Wildman–Crippen MR) is 68.9 cm³/mol. The molecule has 1 aromatic carbocycles. The molecule has 17 heavy (non-hydrogen) atoms. The molecule has 1 aromatic rings. The van der Waals surface area contributed by atoms with E-state index in [9.17, 15) is 8.42 Å².